The first-order valence-corrected chi connectivity index (χ1v) is 6.10. The second kappa shape index (κ2) is 5.27. The van der Waals surface area contributed by atoms with Crippen molar-refractivity contribution in [2.24, 2.45) is 11.7 Å². The number of nitrogens with zero attached hydrogens (tertiary/aromatic N) is 3. The molecule has 18 heavy (non-hydrogen) atoms. The second-order valence-corrected chi connectivity index (χ2v) is 4.80. The molecule has 0 amide bonds. The van der Waals surface area contributed by atoms with E-state index in [1.165, 1.54) is 0 Å². The Morgan fingerprint density at radius 3 is 2.56 bits per heavy atom. The fraction of sp³-hybridized carbons (Fsp3) is 0.462. The molecular formula is C13H18N4O. The molecule has 0 aliphatic heterocycles. The maximum absolute atomic E-state index is 5.97. The van der Waals surface area contributed by atoms with Gasteiger partial charge in [-0.1, -0.05) is 25.1 Å². The maximum Gasteiger partial charge on any atom is 0.231 e. The topological polar surface area (TPSA) is 77.8 Å². The van der Waals surface area contributed by atoms with E-state index in [1.54, 1.807) is 6.20 Å². The van der Waals surface area contributed by atoms with Crippen LogP contribution in [-0.4, -0.2) is 21.2 Å². The molecule has 0 saturated heterocycles. The number of pyridine rings is 1. The number of rotatable bonds is 4. The van der Waals surface area contributed by atoms with Gasteiger partial charge in [0.1, 0.15) is 5.69 Å². The third-order valence-corrected chi connectivity index (χ3v) is 2.91. The molecular weight excluding hydrogens is 228 g/mol. The van der Waals surface area contributed by atoms with Crippen molar-refractivity contribution >= 4 is 0 Å². The standard InChI is InChI=1S/C13H18N4O/c1-8(2)11(9(3)14)13-16-12(17-18-13)10-6-4-5-7-15-10/h4-9,11H,14H2,1-3H3. The van der Waals surface area contributed by atoms with Crippen molar-refractivity contribution in [1.82, 2.24) is 15.1 Å². The lowest BCUT2D eigenvalue weighted by molar-refractivity contribution is 0.300. The Balaban J connectivity index is 2.30. The van der Waals surface area contributed by atoms with Crippen LogP contribution in [0.15, 0.2) is 28.9 Å². The quantitative estimate of drug-likeness (QED) is 0.894. The van der Waals surface area contributed by atoms with Crippen LogP contribution in [0.25, 0.3) is 11.5 Å². The minimum atomic E-state index is -0.0259. The lowest BCUT2D eigenvalue weighted by atomic mass is 9.90. The zero-order valence-electron chi connectivity index (χ0n) is 10.9. The Morgan fingerprint density at radius 2 is 2.00 bits per heavy atom. The van der Waals surface area contributed by atoms with Crippen LogP contribution < -0.4 is 5.73 Å². The molecule has 96 valence electrons. The lowest BCUT2D eigenvalue weighted by Crippen LogP contribution is -2.28. The summed E-state index contributed by atoms with van der Waals surface area (Å²) in [6.07, 6.45) is 1.71. The Kier molecular flexibility index (Phi) is 3.72. The Bertz CT molecular complexity index is 485. The van der Waals surface area contributed by atoms with E-state index in [0.717, 1.165) is 0 Å². The van der Waals surface area contributed by atoms with Gasteiger partial charge in [-0.3, -0.25) is 4.98 Å². The van der Waals surface area contributed by atoms with Crippen LogP contribution in [0, 0.1) is 5.92 Å². The number of aromatic nitrogens is 3. The molecule has 0 aliphatic carbocycles. The second-order valence-electron chi connectivity index (χ2n) is 4.80. The van der Waals surface area contributed by atoms with Crippen molar-refractivity contribution in [2.75, 3.05) is 0 Å². The molecule has 5 heteroatoms. The van der Waals surface area contributed by atoms with Gasteiger partial charge in [0.2, 0.25) is 11.7 Å². The van der Waals surface area contributed by atoms with E-state index >= 15 is 0 Å². The van der Waals surface area contributed by atoms with Crippen molar-refractivity contribution < 1.29 is 4.52 Å². The van der Waals surface area contributed by atoms with Gasteiger partial charge in [-0.2, -0.15) is 4.98 Å². The Labute approximate surface area is 106 Å². The highest BCUT2D eigenvalue weighted by atomic mass is 16.5. The van der Waals surface area contributed by atoms with Crippen molar-refractivity contribution in [3.63, 3.8) is 0 Å². The van der Waals surface area contributed by atoms with Crippen LogP contribution in [0.4, 0.5) is 0 Å². The van der Waals surface area contributed by atoms with E-state index in [4.69, 9.17) is 10.3 Å². The van der Waals surface area contributed by atoms with Gasteiger partial charge >= 0.3 is 0 Å². The van der Waals surface area contributed by atoms with Crippen LogP contribution in [-0.2, 0) is 0 Å². The van der Waals surface area contributed by atoms with Gasteiger partial charge in [0.05, 0.1) is 5.92 Å². The largest absolute Gasteiger partial charge is 0.339 e. The molecule has 0 aliphatic rings. The molecule has 0 spiro atoms. The fourth-order valence-electron chi connectivity index (χ4n) is 2.09. The smallest absolute Gasteiger partial charge is 0.231 e. The summed E-state index contributed by atoms with van der Waals surface area (Å²) in [5, 5.41) is 3.97. The number of nitrogens with two attached hydrogens (primary N) is 1. The van der Waals surface area contributed by atoms with Crippen LogP contribution in [0.5, 0.6) is 0 Å². The highest BCUT2D eigenvalue weighted by Crippen LogP contribution is 2.27. The van der Waals surface area contributed by atoms with E-state index in [9.17, 15) is 0 Å². The predicted molar refractivity (Wildman–Crippen MR) is 68.8 cm³/mol. The summed E-state index contributed by atoms with van der Waals surface area (Å²) in [6, 6.07) is 5.57. The highest BCUT2D eigenvalue weighted by molar-refractivity contribution is 5.47. The van der Waals surface area contributed by atoms with Crippen molar-refractivity contribution in [3.8, 4) is 11.5 Å². The first kappa shape index (κ1) is 12.7. The molecule has 2 atom stereocenters. The van der Waals surface area contributed by atoms with E-state index in [0.29, 0.717) is 23.3 Å². The van der Waals surface area contributed by atoms with Crippen molar-refractivity contribution in [3.05, 3.63) is 30.3 Å². The summed E-state index contributed by atoms with van der Waals surface area (Å²) < 4.78 is 5.32. The van der Waals surface area contributed by atoms with Gasteiger partial charge in [0, 0.05) is 12.2 Å². The lowest BCUT2D eigenvalue weighted by Gasteiger charge is -2.20. The molecule has 2 N–H and O–H groups in total. The van der Waals surface area contributed by atoms with E-state index in [2.05, 4.69) is 29.0 Å². The van der Waals surface area contributed by atoms with Gasteiger partial charge in [0.25, 0.3) is 0 Å². The van der Waals surface area contributed by atoms with E-state index in [1.807, 2.05) is 25.1 Å². The minimum absolute atomic E-state index is 0.0259. The predicted octanol–water partition coefficient (Wildman–Crippen LogP) is 2.22. The molecule has 2 aromatic heterocycles. The molecule has 0 fully saturated rings. The molecule has 0 aromatic carbocycles. The summed E-state index contributed by atoms with van der Waals surface area (Å²) in [6.45, 7) is 6.15. The molecule has 0 bridgehead atoms. The van der Waals surface area contributed by atoms with Crippen LogP contribution in [0.3, 0.4) is 0 Å². The van der Waals surface area contributed by atoms with Crippen molar-refractivity contribution in [1.29, 1.82) is 0 Å². The summed E-state index contributed by atoms with van der Waals surface area (Å²) >= 11 is 0. The SMILES string of the molecule is CC(C)C(c1nc(-c2ccccn2)no1)C(C)N. The van der Waals surface area contributed by atoms with Gasteiger partial charge in [-0.15, -0.1) is 0 Å². The Hall–Kier alpha value is -1.75. The number of hydrogen-bond donors (Lipinski definition) is 1. The van der Waals surface area contributed by atoms with Crippen LogP contribution >= 0.6 is 0 Å². The van der Waals surface area contributed by atoms with E-state index in [-0.39, 0.29) is 12.0 Å². The third kappa shape index (κ3) is 2.56. The summed E-state index contributed by atoms with van der Waals surface area (Å²) in [4.78, 5) is 8.60. The van der Waals surface area contributed by atoms with Gasteiger partial charge in [0.15, 0.2) is 0 Å². The molecule has 5 nitrogen and oxygen atoms in total. The van der Waals surface area contributed by atoms with Crippen molar-refractivity contribution in [2.45, 2.75) is 32.7 Å². The van der Waals surface area contributed by atoms with Gasteiger partial charge < -0.3 is 10.3 Å². The zero-order chi connectivity index (χ0) is 13.1. The normalized spacial score (nSPS) is 14.7. The monoisotopic (exact) mass is 246 g/mol. The zero-order valence-corrected chi connectivity index (χ0v) is 10.9. The van der Waals surface area contributed by atoms with E-state index < -0.39 is 0 Å². The average Bonchev–Trinajstić information content (AvgIpc) is 2.78. The minimum Gasteiger partial charge on any atom is -0.339 e. The number of hydrogen-bond acceptors (Lipinski definition) is 5. The molecule has 2 rings (SSSR count). The Morgan fingerprint density at radius 1 is 1.22 bits per heavy atom. The summed E-state index contributed by atoms with van der Waals surface area (Å²) in [5.74, 6) is 1.51. The molecule has 0 radical (unpaired) electrons. The van der Waals surface area contributed by atoms with Gasteiger partial charge in [-0.05, 0) is 25.0 Å². The van der Waals surface area contributed by atoms with Gasteiger partial charge in [-0.25, -0.2) is 0 Å². The summed E-state index contributed by atoms with van der Waals surface area (Å²) in [5.41, 5.74) is 6.68. The first-order chi connectivity index (χ1) is 8.59. The fourth-order valence-corrected chi connectivity index (χ4v) is 2.09. The molecule has 2 heterocycles. The molecule has 2 unspecified atom stereocenters. The molecule has 2 aromatic rings. The maximum atomic E-state index is 5.97. The average molecular weight is 246 g/mol. The molecule has 0 saturated carbocycles. The first-order valence-electron chi connectivity index (χ1n) is 6.10. The summed E-state index contributed by atoms with van der Waals surface area (Å²) in [7, 11) is 0. The third-order valence-electron chi connectivity index (χ3n) is 2.91. The van der Waals surface area contributed by atoms with Crippen LogP contribution in [0.2, 0.25) is 0 Å². The van der Waals surface area contributed by atoms with Crippen LogP contribution in [0.1, 0.15) is 32.6 Å². The highest BCUT2D eigenvalue weighted by Gasteiger charge is 2.26.